The van der Waals surface area contributed by atoms with Crippen molar-refractivity contribution in [2.75, 3.05) is 40.8 Å². The van der Waals surface area contributed by atoms with E-state index in [1.54, 1.807) is 13.2 Å². The molecule has 2 aliphatic rings. The Morgan fingerprint density at radius 3 is 2.45 bits per heavy atom. The van der Waals surface area contributed by atoms with Crippen molar-refractivity contribution in [1.29, 1.82) is 0 Å². The van der Waals surface area contributed by atoms with Crippen LogP contribution in [0.3, 0.4) is 0 Å². The van der Waals surface area contributed by atoms with Gasteiger partial charge in [0, 0.05) is 31.9 Å². The van der Waals surface area contributed by atoms with Crippen molar-refractivity contribution in [2.45, 2.75) is 53.5 Å². The fourth-order valence-electron chi connectivity index (χ4n) is 4.44. The lowest BCUT2D eigenvalue weighted by atomic mass is 9.95. The highest BCUT2D eigenvalue weighted by molar-refractivity contribution is 5.96. The number of benzene rings is 1. The summed E-state index contributed by atoms with van der Waals surface area (Å²) in [5.74, 6) is 1.64. The van der Waals surface area contributed by atoms with Crippen LogP contribution < -0.4 is 4.74 Å². The van der Waals surface area contributed by atoms with E-state index in [0.717, 1.165) is 53.7 Å². The SMILES string of the molecule is CC.COc1ccc(/C(C)=C/C(=O)N2C=C(N3CCC(CN(C)C)CC3)C=CC2C)cc1C. The molecule has 5 nitrogen and oxygen atoms in total. The molecule has 1 atom stereocenters. The van der Waals surface area contributed by atoms with Gasteiger partial charge >= 0.3 is 0 Å². The van der Waals surface area contributed by atoms with Gasteiger partial charge in [-0.3, -0.25) is 4.79 Å². The quantitative estimate of drug-likeness (QED) is 0.545. The van der Waals surface area contributed by atoms with E-state index in [0.29, 0.717) is 0 Å². The number of aryl methyl sites for hydroxylation is 1. The zero-order valence-corrected chi connectivity index (χ0v) is 21.9. The second-order valence-corrected chi connectivity index (χ2v) is 9.10. The molecule has 2 aliphatic heterocycles. The van der Waals surface area contributed by atoms with Crippen molar-refractivity contribution in [1.82, 2.24) is 14.7 Å². The van der Waals surface area contributed by atoms with E-state index in [9.17, 15) is 4.79 Å². The molecule has 0 N–H and O–H groups in total. The summed E-state index contributed by atoms with van der Waals surface area (Å²) in [6, 6.07) is 6.07. The normalized spacial score (nSPS) is 19.2. The molecule has 0 radical (unpaired) electrons. The van der Waals surface area contributed by atoms with Gasteiger partial charge in [0.2, 0.25) is 0 Å². The van der Waals surface area contributed by atoms with Crippen LogP contribution >= 0.6 is 0 Å². The Kier molecular flexibility index (Phi) is 10.2. The maximum atomic E-state index is 13.1. The van der Waals surface area contributed by atoms with Gasteiger partial charge in [0.1, 0.15) is 5.75 Å². The molecule has 33 heavy (non-hydrogen) atoms. The summed E-state index contributed by atoms with van der Waals surface area (Å²) < 4.78 is 5.35. The molecule has 1 aromatic carbocycles. The number of likely N-dealkylation sites (tertiary alicyclic amines) is 1. The highest BCUT2D eigenvalue weighted by atomic mass is 16.5. The summed E-state index contributed by atoms with van der Waals surface area (Å²) >= 11 is 0. The molecule has 0 bridgehead atoms. The van der Waals surface area contributed by atoms with Crippen LogP contribution in [0.25, 0.3) is 5.57 Å². The van der Waals surface area contributed by atoms with Gasteiger partial charge in [-0.2, -0.15) is 0 Å². The molecule has 1 saturated heterocycles. The molecular formula is C28H43N3O2. The Balaban J connectivity index is 0.00000187. The summed E-state index contributed by atoms with van der Waals surface area (Å²) in [5.41, 5.74) is 4.20. The van der Waals surface area contributed by atoms with Crippen molar-refractivity contribution in [3.63, 3.8) is 0 Å². The van der Waals surface area contributed by atoms with Crippen molar-refractivity contribution in [3.8, 4) is 5.75 Å². The largest absolute Gasteiger partial charge is 0.496 e. The highest BCUT2D eigenvalue weighted by Gasteiger charge is 2.24. The van der Waals surface area contributed by atoms with Crippen LogP contribution in [0.15, 0.2) is 48.3 Å². The number of hydrogen-bond donors (Lipinski definition) is 0. The monoisotopic (exact) mass is 453 g/mol. The van der Waals surface area contributed by atoms with Crippen LogP contribution in [-0.2, 0) is 4.79 Å². The molecule has 1 aromatic rings. The standard InChI is InChI=1S/C26H37N3O2.C2H6/c1-19(23-8-10-25(31-6)20(2)15-23)16-26(30)29-18-24(9-7-21(29)3)28-13-11-22(12-14-28)17-27(4)5;1-2/h7-10,15-16,18,21-22H,11-14,17H2,1-6H3;1-2H3/b19-16+;. The van der Waals surface area contributed by atoms with Gasteiger partial charge < -0.3 is 19.4 Å². The molecule has 1 fully saturated rings. The molecule has 1 unspecified atom stereocenters. The summed E-state index contributed by atoms with van der Waals surface area (Å²) in [7, 11) is 5.97. The lowest BCUT2D eigenvalue weighted by molar-refractivity contribution is -0.124. The lowest BCUT2D eigenvalue weighted by Crippen LogP contribution is -2.40. The predicted molar refractivity (Wildman–Crippen MR) is 139 cm³/mol. The van der Waals surface area contributed by atoms with E-state index >= 15 is 0 Å². The third kappa shape index (κ3) is 7.23. The van der Waals surface area contributed by atoms with Crippen LogP contribution in [0, 0.1) is 12.8 Å². The number of allylic oxidation sites excluding steroid dienone is 2. The van der Waals surface area contributed by atoms with Crippen LogP contribution in [-0.4, -0.2) is 67.5 Å². The number of methoxy groups -OCH3 is 1. The van der Waals surface area contributed by atoms with Crippen LogP contribution in [0.4, 0.5) is 0 Å². The first-order valence-corrected chi connectivity index (χ1v) is 12.2. The molecule has 0 spiro atoms. The zero-order valence-electron chi connectivity index (χ0n) is 21.9. The molecule has 0 aliphatic carbocycles. The van der Waals surface area contributed by atoms with Gasteiger partial charge in [-0.05, 0) is 88.5 Å². The molecule has 2 heterocycles. The topological polar surface area (TPSA) is 36.0 Å². The Morgan fingerprint density at radius 2 is 1.88 bits per heavy atom. The number of nitrogens with zero attached hydrogens (tertiary/aromatic N) is 3. The average Bonchev–Trinajstić information content (AvgIpc) is 2.80. The van der Waals surface area contributed by atoms with Gasteiger partial charge in [-0.15, -0.1) is 0 Å². The number of ether oxygens (including phenoxy) is 1. The molecule has 3 rings (SSSR count). The van der Waals surface area contributed by atoms with Crippen molar-refractivity contribution >= 4 is 11.5 Å². The molecule has 1 amide bonds. The first kappa shape index (κ1) is 26.7. The Hall–Kier alpha value is -2.53. The minimum absolute atomic E-state index is 0.0165. The van der Waals surface area contributed by atoms with Gasteiger partial charge in [-0.25, -0.2) is 0 Å². The summed E-state index contributed by atoms with van der Waals surface area (Å²) in [4.78, 5) is 19.7. The fourth-order valence-corrected chi connectivity index (χ4v) is 4.44. The number of rotatable bonds is 6. The first-order chi connectivity index (χ1) is 15.8. The Morgan fingerprint density at radius 1 is 1.21 bits per heavy atom. The van der Waals surface area contributed by atoms with Crippen molar-refractivity contribution in [3.05, 3.63) is 59.5 Å². The second-order valence-electron chi connectivity index (χ2n) is 9.10. The lowest BCUT2D eigenvalue weighted by Gasteiger charge is -2.37. The molecule has 0 saturated carbocycles. The summed E-state index contributed by atoms with van der Waals surface area (Å²) in [5, 5.41) is 0. The van der Waals surface area contributed by atoms with E-state index < -0.39 is 0 Å². The average molecular weight is 454 g/mol. The molecule has 182 valence electrons. The van der Waals surface area contributed by atoms with Crippen molar-refractivity contribution < 1.29 is 9.53 Å². The van der Waals surface area contributed by atoms with E-state index in [2.05, 4.69) is 49.0 Å². The number of carbonyl (C=O) groups excluding carboxylic acids is 1. The number of piperidine rings is 1. The van der Waals surface area contributed by atoms with Crippen LogP contribution in [0.5, 0.6) is 5.75 Å². The van der Waals surface area contributed by atoms with Gasteiger partial charge in [-0.1, -0.05) is 26.0 Å². The first-order valence-electron chi connectivity index (χ1n) is 12.2. The fraction of sp³-hybridized carbons (Fsp3) is 0.536. The number of hydrogen-bond acceptors (Lipinski definition) is 4. The minimum Gasteiger partial charge on any atom is -0.496 e. The number of amides is 1. The van der Waals surface area contributed by atoms with E-state index in [-0.39, 0.29) is 11.9 Å². The Labute approximate surface area is 201 Å². The van der Waals surface area contributed by atoms with E-state index in [1.165, 1.54) is 12.8 Å². The molecular weight excluding hydrogens is 410 g/mol. The maximum absolute atomic E-state index is 13.1. The third-order valence-corrected chi connectivity index (χ3v) is 6.30. The summed E-state index contributed by atoms with van der Waals surface area (Å²) in [6.07, 6.45) is 10.5. The van der Waals surface area contributed by atoms with Crippen LogP contribution in [0.1, 0.15) is 51.7 Å². The predicted octanol–water partition coefficient (Wildman–Crippen LogP) is 5.34. The van der Waals surface area contributed by atoms with E-state index in [1.807, 2.05) is 50.9 Å². The molecule has 0 aromatic heterocycles. The maximum Gasteiger partial charge on any atom is 0.251 e. The third-order valence-electron chi connectivity index (χ3n) is 6.30. The Bertz CT molecular complexity index is 877. The van der Waals surface area contributed by atoms with E-state index in [4.69, 9.17) is 4.74 Å². The molecule has 5 heteroatoms. The minimum atomic E-state index is 0.0165. The van der Waals surface area contributed by atoms with Gasteiger partial charge in [0.25, 0.3) is 5.91 Å². The van der Waals surface area contributed by atoms with Crippen LogP contribution in [0.2, 0.25) is 0 Å². The van der Waals surface area contributed by atoms with Gasteiger partial charge in [0.15, 0.2) is 0 Å². The van der Waals surface area contributed by atoms with Crippen molar-refractivity contribution in [2.24, 2.45) is 5.92 Å². The highest BCUT2D eigenvalue weighted by Crippen LogP contribution is 2.26. The number of carbonyl (C=O) groups is 1. The summed E-state index contributed by atoms with van der Waals surface area (Å²) in [6.45, 7) is 13.3. The second kappa shape index (κ2) is 12.6. The zero-order chi connectivity index (χ0) is 24.5. The van der Waals surface area contributed by atoms with Gasteiger partial charge in [0.05, 0.1) is 18.8 Å². The smallest absolute Gasteiger partial charge is 0.251 e.